The van der Waals surface area contributed by atoms with E-state index in [9.17, 15) is 0 Å². The molecule has 0 saturated heterocycles. The van der Waals surface area contributed by atoms with Gasteiger partial charge in [0.25, 0.3) is 0 Å². The van der Waals surface area contributed by atoms with Crippen molar-refractivity contribution in [2.75, 3.05) is 0 Å². The highest BCUT2D eigenvalue weighted by molar-refractivity contribution is 6.64. The Labute approximate surface area is 84.3 Å². The summed E-state index contributed by atoms with van der Waals surface area (Å²) in [6.45, 7) is 9.52. The zero-order valence-corrected chi connectivity index (χ0v) is 10.2. The van der Waals surface area contributed by atoms with Crippen molar-refractivity contribution in [3.63, 3.8) is 0 Å². The Morgan fingerprint density at radius 2 is 1.46 bits per heavy atom. The molecule has 0 spiro atoms. The van der Waals surface area contributed by atoms with Crippen LogP contribution in [0.3, 0.4) is 0 Å². The summed E-state index contributed by atoms with van der Waals surface area (Å²) in [7, 11) is -0.253. The van der Waals surface area contributed by atoms with E-state index in [2.05, 4.69) is 52.0 Å². The summed E-state index contributed by atoms with van der Waals surface area (Å²) in [6.07, 6.45) is 10.6. The van der Waals surface area contributed by atoms with E-state index in [0.29, 0.717) is 0 Å². The van der Waals surface area contributed by atoms with Crippen LogP contribution in [-0.4, -0.2) is 8.80 Å². The highest BCUT2D eigenvalue weighted by Gasteiger charge is 2.26. The third-order valence-corrected chi connectivity index (χ3v) is 6.50. The van der Waals surface area contributed by atoms with Gasteiger partial charge in [-0.3, -0.25) is 0 Å². The van der Waals surface area contributed by atoms with E-state index >= 15 is 0 Å². The normalized spacial score (nSPS) is 18.1. The van der Waals surface area contributed by atoms with Crippen molar-refractivity contribution in [1.29, 1.82) is 0 Å². The molecule has 0 aromatic heterocycles. The van der Waals surface area contributed by atoms with Crippen molar-refractivity contribution in [3.05, 3.63) is 24.3 Å². The lowest BCUT2D eigenvalue weighted by atomic mass is 10.2. The molecule has 1 rings (SSSR count). The molecule has 0 fully saturated rings. The molecule has 0 unspecified atom stereocenters. The molecular formula is C12H21Si. The van der Waals surface area contributed by atoms with Gasteiger partial charge in [-0.25, -0.2) is 0 Å². The Balaban J connectivity index is 2.69. The quantitative estimate of drug-likeness (QED) is 0.466. The Morgan fingerprint density at radius 3 is 1.85 bits per heavy atom. The molecule has 0 aromatic carbocycles. The molecule has 1 heteroatoms. The summed E-state index contributed by atoms with van der Waals surface area (Å²) in [5.41, 5.74) is 2.53. The summed E-state index contributed by atoms with van der Waals surface area (Å²) in [6, 6.07) is 0. The van der Waals surface area contributed by atoms with E-state index < -0.39 is 0 Å². The second kappa shape index (κ2) is 4.80. The van der Waals surface area contributed by atoms with Crippen molar-refractivity contribution in [2.24, 2.45) is 0 Å². The predicted molar refractivity (Wildman–Crippen MR) is 62.6 cm³/mol. The zero-order valence-electron chi connectivity index (χ0n) is 9.25. The van der Waals surface area contributed by atoms with E-state index in [-0.39, 0.29) is 8.80 Å². The maximum atomic E-state index is 2.42. The molecule has 0 atom stereocenters. The number of hydrogen-bond acceptors (Lipinski definition) is 0. The van der Waals surface area contributed by atoms with Gasteiger partial charge in [-0.15, -0.1) is 0 Å². The minimum Gasteiger partial charge on any atom is -0.0845 e. The summed E-state index contributed by atoms with van der Waals surface area (Å²) in [5, 5.41) is 0. The predicted octanol–water partition coefficient (Wildman–Crippen LogP) is 4.19. The van der Waals surface area contributed by atoms with Gasteiger partial charge in [0, 0.05) is 0 Å². The number of rotatable bonds is 3. The third-order valence-electron chi connectivity index (χ3n) is 2.68. The summed E-state index contributed by atoms with van der Waals surface area (Å²) < 4.78 is 0. The Kier molecular flexibility index (Phi) is 3.98. The number of allylic oxidation sites excluding steroid dienone is 4. The first kappa shape index (κ1) is 10.8. The molecule has 1 aliphatic rings. The fraction of sp³-hybridized carbons (Fsp3) is 0.667. The van der Waals surface area contributed by atoms with Crippen LogP contribution in [0.25, 0.3) is 0 Å². The summed E-state index contributed by atoms with van der Waals surface area (Å²) in [4.78, 5) is 0. The molecule has 0 bridgehead atoms. The molecule has 73 valence electrons. The summed E-state index contributed by atoms with van der Waals surface area (Å²) >= 11 is 0. The maximum Gasteiger partial charge on any atom is 0.0658 e. The third kappa shape index (κ3) is 2.83. The maximum absolute atomic E-state index is 2.42. The van der Waals surface area contributed by atoms with Crippen LogP contribution in [0.4, 0.5) is 0 Å². The van der Waals surface area contributed by atoms with E-state index in [1.54, 1.807) is 0 Å². The van der Waals surface area contributed by atoms with E-state index in [0.717, 1.165) is 23.0 Å². The smallest absolute Gasteiger partial charge is 0.0658 e. The molecule has 0 aliphatic heterocycles. The molecular weight excluding hydrogens is 172 g/mol. The largest absolute Gasteiger partial charge is 0.0845 e. The second-order valence-electron chi connectivity index (χ2n) is 4.43. The highest BCUT2D eigenvalue weighted by atomic mass is 28.3. The Bertz CT molecular complexity index is 181. The zero-order chi connectivity index (χ0) is 9.84. The van der Waals surface area contributed by atoms with Gasteiger partial charge in [-0.2, -0.15) is 0 Å². The van der Waals surface area contributed by atoms with Gasteiger partial charge in [-0.05, 0) is 12.0 Å². The topological polar surface area (TPSA) is 0 Å². The van der Waals surface area contributed by atoms with Crippen molar-refractivity contribution < 1.29 is 0 Å². The molecule has 0 aromatic rings. The van der Waals surface area contributed by atoms with Crippen LogP contribution < -0.4 is 0 Å². The van der Waals surface area contributed by atoms with Crippen molar-refractivity contribution in [1.82, 2.24) is 0 Å². The van der Waals surface area contributed by atoms with Crippen LogP contribution in [0.2, 0.25) is 16.6 Å². The van der Waals surface area contributed by atoms with Gasteiger partial charge in [0.1, 0.15) is 0 Å². The van der Waals surface area contributed by atoms with Crippen LogP contribution >= 0.6 is 0 Å². The molecule has 13 heavy (non-hydrogen) atoms. The lowest BCUT2D eigenvalue weighted by Gasteiger charge is -2.28. The van der Waals surface area contributed by atoms with E-state index in [4.69, 9.17) is 0 Å². The van der Waals surface area contributed by atoms with Crippen LogP contribution in [0.5, 0.6) is 0 Å². The van der Waals surface area contributed by atoms with Gasteiger partial charge in [0.15, 0.2) is 0 Å². The van der Waals surface area contributed by atoms with Gasteiger partial charge >= 0.3 is 0 Å². The standard InChI is InChI=1S/C12H21Si/c1-10(2)13(11(3)4)12-8-6-5-7-9-12/h6-12H,5H2,1-4H3. The SMILES string of the molecule is CC(C)[Si](C(C)C)C1C=CCC=C1. The second-order valence-corrected chi connectivity index (χ2v) is 8.40. The molecule has 0 amide bonds. The molecule has 0 heterocycles. The van der Waals surface area contributed by atoms with Gasteiger partial charge in [0.2, 0.25) is 0 Å². The van der Waals surface area contributed by atoms with Gasteiger partial charge in [0.05, 0.1) is 8.80 Å². The highest BCUT2D eigenvalue weighted by Crippen LogP contribution is 2.33. The Hall–Kier alpha value is -0.303. The summed E-state index contributed by atoms with van der Waals surface area (Å²) in [5.74, 6) is 0. The first-order valence-corrected chi connectivity index (χ1v) is 7.06. The van der Waals surface area contributed by atoms with Crippen LogP contribution in [0.1, 0.15) is 34.1 Å². The minimum atomic E-state index is -0.253. The van der Waals surface area contributed by atoms with Crippen molar-refractivity contribution in [3.8, 4) is 0 Å². The van der Waals surface area contributed by atoms with E-state index in [1.807, 2.05) is 0 Å². The van der Waals surface area contributed by atoms with E-state index in [1.165, 1.54) is 0 Å². The monoisotopic (exact) mass is 193 g/mol. The van der Waals surface area contributed by atoms with Crippen LogP contribution in [0.15, 0.2) is 24.3 Å². The molecule has 0 saturated carbocycles. The first-order chi connectivity index (χ1) is 6.13. The fourth-order valence-electron chi connectivity index (χ4n) is 2.25. The van der Waals surface area contributed by atoms with Crippen LogP contribution in [0, 0.1) is 0 Å². The first-order valence-electron chi connectivity index (χ1n) is 5.33. The molecule has 1 aliphatic carbocycles. The van der Waals surface area contributed by atoms with Crippen molar-refractivity contribution in [2.45, 2.75) is 50.7 Å². The molecule has 1 radical (unpaired) electrons. The van der Waals surface area contributed by atoms with Crippen LogP contribution in [-0.2, 0) is 0 Å². The lowest BCUT2D eigenvalue weighted by molar-refractivity contribution is 0.906. The van der Waals surface area contributed by atoms with Gasteiger partial charge in [-0.1, -0.05) is 63.1 Å². The van der Waals surface area contributed by atoms with Gasteiger partial charge < -0.3 is 0 Å². The average molecular weight is 193 g/mol. The average Bonchev–Trinajstić information content (AvgIpc) is 2.04. The van der Waals surface area contributed by atoms with Crippen molar-refractivity contribution >= 4 is 8.80 Å². The fourth-order valence-corrected chi connectivity index (χ4v) is 5.84. The molecule has 0 nitrogen and oxygen atoms in total. The lowest BCUT2D eigenvalue weighted by Crippen LogP contribution is -2.26. The molecule has 0 N–H and O–H groups in total. The number of hydrogen-bond donors (Lipinski definition) is 0. The minimum absolute atomic E-state index is 0.253. The Morgan fingerprint density at radius 1 is 1.00 bits per heavy atom.